The highest BCUT2D eigenvalue weighted by molar-refractivity contribution is 5.99. The molecule has 0 saturated carbocycles. The minimum Gasteiger partial charge on any atom is -0.508 e. The molecule has 3 aromatic carbocycles. The van der Waals surface area contributed by atoms with Gasteiger partial charge in [-0.2, -0.15) is 0 Å². The third-order valence-corrected chi connectivity index (χ3v) is 7.52. The quantitative estimate of drug-likeness (QED) is 0.199. The predicted octanol–water partition coefficient (Wildman–Crippen LogP) is 6.25. The van der Waals surface area contributed by atoms with Gasteiger partial charge in [-0.05, 0) is 113 Å². The zero-order chi connectivity index (χ0) is 33.5. The number of benzene rings is 3. The van der Waals surface area contributed by atoms with Crippen molar-refractivity contribution in [3.05, 3.63) is 83.4 Å². The minimum atomic E-state index is -1.16. The number of phenolic OH excluding ortho intramolecular Hbond substituents is 2. The number of anilines is 1. The molecule has 0 spiro atoms. The Balaban J connectivity index is 2.15. The number of rotatable bonds is 11. The Kier molecular flexibility index (Phi) is 11.1. The van der Waals surface area contributed by atoms with E-state index in [2.05, 4.69) is 10.6 Å². The summed E-state index contributed by atoms with van der Waals surface area (Å²) in [6.07, 6.45) is -0.245. The number of nitrogens with one attached hydrogen (secondary N) is 2. The molecule has 45 heavy (non-hydrogen) atoms. The third-order valence-electron chi connectivity index (χ3n) is 7.52. The zero-order valence-electron chi connectivity index (χ0n) is 27.3. The van der Waals surface area contributed by atoms with Gasteiger partial charge in [-0.3, -0.25) is 9.59 Å². The van der Waals surface area contributed by atoms with Crippen molar-refractivity contribution in [3.8, 4) is 17.2 Å². The summed E-state index contributed by atoms with van der Waals surface area (Å²) in [6, 6.07) is 15.7. The van der Waals surface area contributed by atoms with Crippen LogP contribution < -0.4 is 15.4 Å². The summed E-state index contributed by atoms with van der Waals surface area (Å²) in [5.41, 5.74) is 0.485. The van der Waals surface area contributed by atoms with Crippen LogP contribution in [0.3, 0.4) is 0 Å². The normalized spacial score (nSPS) is 12.9. The lowest BCUT2D eigenvalue weighted by Crippen LogP contribution is -2.59. The molecule has 0 saturated heterocycles. The fourth-order valence-electron chi connectivity index (χ4n) is 4.78. The van der Waals surface area contributed by atoms with Gasteiger partial charge in [0.1, 0.15) is 34.9 Å². The first-order valence-electron chi connectivity index (χ1n) is 14.9. The number of amides is 3. The molecule has 0 aliphatic rings. The van der Waals surface area contributed by atoms with Gasteiger partial charge >= 0.3 is 6.09 Å². The first-order chi connectivity index (χ1) is 21.0. The van der Waals surface area contributed by atoms with Crippen molar-refractivity contribution in [1.29, 1.82) is 0 Å². The fourth-order valence-corrected chi connectivity index (χ4v) is 4.78. The van der Waals surface area contributed by atoms with E-state index in [4.69, 9.17) is 9.47 Å². The Morgan fingerprint density at radius 2 is 1.53 bits per heavy atom. The van der Waals surface area contributed by atoms with Crippen molar-refractivity contribution in [2.45, 2.75) is 84.5 Å². The number of nitrogens with zero attached hydrogens (tertiary/aromatic N) is 1. The topological polar surface area (TPSA) is 137 Å². The second-order valence-corrected chi connectivity index (χ2v) is 12.6. The molecule has 0 aromatic heterocycles. The lowest BCUT2D eigenvalue weighted by atomic mass is 9.90. The van der Waals surface area contributed by atoms with Gasteiger partial charge in [-0.1, -0.05) is 25.1 Å². The van der Waals surface area contributed by atoms with E-state index in [0.29, 0.717) is 34.5 Å². The molecular weight excluding hydrogens is 574 g/mol. The van der Waals surface area contributed by atoms with Gasteiger partial charge in [0, 0.05) is 17.6 Å². The minimum absolute atomic E-state index is 0.0532. The van der Waals surface area contributed by atoms with E-state index in [1.54, 1.807) is 83.3 Å². The highest BCUT2D eigenvalue weighted by atomic mass is 16.6. The van der Waals surface area contributed by atoms with E-state index in [1.807, 2.05) is 20.8 Å². The lowest BCUT2D eigenvalue weighted by molar-refractivity contribution is -0.147. The average Bonchev–Trinajstić information content (AvgIpc) is 2.97. The number of methoxy groups -OCH3 is 1. The van der Waals surface area contributed by atoms with E-state index in [1.165, 1.54) is 23.1 Å². The number of ether oxygens (including phenoxy) is 2. The molecule has 0 fully saturated rings. The summed E-state index contributed by atoms with van der Waals surface area (Å²) in [5, 5.41) is 25.8. The first-order valence-corrected chi connectivity index (χ1v) is 14.9. The predicted molar refractivity (Wildman–Crippen MR) is 173 cm³/mol. The maximum atomic E-state index is 14.8. The summed E-state index contributed by atoms with van der Waals surface area (Å²) >= 11 is 0. The van der Waals surface area contributed by atoms with Gasteiger partial charge < -0.3 is 35.2 Å². The van der Waals surface area contributed by atoms with Crippen molar-refractivity contribution in [3.63, 3.8) is 0 Å². The maximum absolute atomic E-state index is 14.8. The van der Waals surface area contributed by atoms with Crippen LogP contribution in [0.25, 0.3) is 0 Å². The van der Waals surface area contributed by atoms with Crippen molar-refractivity contribution >= 4 is 23.6 Å². The van der Waals surface area contributed by atoms with Crippen LogP contribution in [0.2, 0.25) is 0 Å². The van der Waals surface area contributed by atoms with Gasteiger partial charge in [0.2, 0.25) is 5.91 Å². The molecule has 0 radical (unpaired) electrons. The van der Waals surface area contributed by atoms with E-state index < -0.39 is 41.1 Å². The first kappa shape index (κ1) is 34.8. The molecule has 10 heteroatoms. The molecule has 2 atom stereocenters. The number of carbonyl (C=O) groups excluding carboxylic acids is 3. The zero-order valence-corrected chi connectivity index (χ0v) is 27.3. The van der Waals surface area contributed by atoms with Crippen LogP contribution in [-0.2, 0) is 20.7 Å². The van der Waals surface area contributed by atoms with E-state index in [0.717, 1.165) is 0 Å². The summed E-state index contributed by atoms with van der Waals surface area (Å²) in [4.78, 5) is 43.6. The number of alkyl carbamates (subject to hydrolysis) is 1. The Labute approximate surface area is 265 Å². The van der Waals surface area contributed by atoms with E-state index >= 15 is 0 Å². The van der Waals surface area contributed by atoms with E-state index in [-0.39, 0.29) is 17.9 Å². The van der Waals surface area contributed by atoms with Gasteiger partial charge in [0.25, 0.3) is 5.91 Å². The molecule has 2 unspecified atom stereocenters. The highest BCUT2D eigenvalue weighted by Gasteiger charge is 2.43. The molecular formula is C35H45N3O7. The van der Waals surface area contributed by atoms with Crippen molar-refractivity contribution in [2.24, 2.45) is 0 Å². The van der Waals surface area contributed by atoms with Gasteiger partial charge in [0.05, 0.1) is 7.11 Å². The SMILES string of the molecule is CCC(C)(C)N(C(=O)C(Cc1ccc(O)cc1)NC(=O)OC(C)(C)C)C(C(=O)Nc1ccc(OC)cc1)c1ccc(O)c(C)c1. The average molecular weight is 620 g/mol. The smallest absolute Gasteiger partial charge is 0.408 e. The largest absolute Gasteiger partial charge is 0.508 e. The Morgan fingerprint density at radius 1 is 0.911 bits per heavy atom. The number of hydrogen-bond donors (Lipinski definition) is 4. The molecule has 3 aromatic rings. The molecule has 0 aliphatic heterocycles. The molecule has 0 heterocycles. The van der Waals surface area contributed by atoms with Crippen LogP contribution in [0.5, 0.6) is 17.2 Å². The molecule has 0 bridgehead atoms. The second-order valence-electron chi connectivity index (χ2n) is 12.6. The molecule has 0 aliphatic carbocycles. The lowest BCUT2D eigenvalue weighted by Gasteiger charge is -2.44. The Hall–Kier alpha value is -4.73. The van der Waals surface area contributed by atoms with Crippen LogP contribution >= 0.6 is 0 Å². The molecule has 10 nitrogen and oxygen atoms in total. The monoisotopic (exact) mass is 619 g/mol. The summed E-state index contributed by atoms with van der Waals surface area (Å²) < 4.78 is 10.7. The molecule has 4 N–H and O–H groups in total. The summed E-state index contributed by atoms with van der Waals surface area (Å²) in [6.45, 7) is 12.5. The van der Waals surface area contributed by atoms with Crippen LogP contribution in [0.15, 0.2) is 66.7 Å². The number of phenols is 2. The van der Waals surface area contributed by atoms with Gasteiger partial charge in [-0.15, -0.1) is 0 Å². The summed E-state index contributed by atoms with van der Waals surface area (Å²) in [7, 11) is 1.55. The number of carbonyl (C=O) groups is 3. The molecule has 242 valence electrons. The second kappa shape index (κ2) is 14.4. The molecule has 3 rings (SSSR count). The van der Waals surface area contributed by atoms with Crippen LogP contribution in [-0.4, -0.2) is 57.3 Å². The highest BCUT2D eigenvalue weighted by Crippen LogP contribution is 2.35. The Bertz CT molecular complexity index is 1480. The fraction of sp³-hybridized carbons (Fsp3) is 0.400. The van der Waals surface area contributed by atoms with Crippen LogP contribution in [0.4, 0.5) is 10.5 Å². The third kappa shape index (κ3) is 9.38. The number of hydrogen-bond acceptors (Lipinski definition) is 7. The Morgan fingerprint density at radius 3 is 2.07 bits per heavy atom. The van der Waals surface area contributed by atoms with Crippen molar-refractivity contribution < 1.29 is 34.1 Å². The maximum Gasteiger partial charge on any atom is 0.408 e. The van der Waals surface area contributed by atoms with Crippen LogP contribution in [0, 0.1) is 6.92 Å². The van der Waals surface area contributed by atoms with E-state index in [9.17, 15) is 24.6 Å². The summed E-state index contributed by atoms with van der Waals surface area (Å²) in [5.74, 6) is -0.263. The van der Waals surface area contributed by atoms with Crippen LogP contribution in [0.1, 0.15) is 70.7 Å². The number of aromatic hydroxyl groups is 2. The van der Waals surface area contributed by atoms with Gasteiger partial charge in [0.15, 0.2) is 0 Å². The van der Waals surface area contributed by atoms with Crippen molar-refractivity contribution in [2.75, 3.05) is 12.4 Å². The standard InChI is InChI=1S/C35H45N3O7/c1-9-35(6,7)38(32(42)28(37-33(43)45-34(3,4)5)21-23-10-15-26(39)16-11-23)30(24-12-19-29(40)22(2)20-24)31(41)36-25-13-17-27(44-8)18-14-25/h10-20,28,30,39-40H,9,21H2,1-8H3,(H,36,41)(H,37,43). The number of aryl methyl sites for hydroxylation is 1. The van der Waals surface area contributed by atoms with Crippen molar-refractivity contribution in [1.82, 2.24) is 10.2 Å². The van der Waals surface area contributed by atoms with Gasteiger partial charge in [-0.25, -0.2) is 4.79 Å². The molecule has 3 amide bonds.